The highest BCUT2D eigenvalue weighted by atomic mass is 32.2. The van der Waals surface area contributed by atoms with Crippen molar-refractivity contribution in [3.63, 3.8) is 0 Å². The maximum atomic E-state index is 11.1. The molecule has 31 heavy (non-hydrogen) atoms. The van der Waals surface area contributed by atoms with Crippen molar-refractivity contribution in [2.45, 2.75) is 40.0 Å². The second-order valence-electron chi connectivity index (χ2n) is 6.78. The summed E-state index contributed by atoms with van der Waals surface area (Å²) in [5.74, 6) is 0. The van der Waals surface area contributed by atoms with Gasteiger partial charge in [0.25, 0.3) is 0 Å². The monoisotopic (exact) mass is 535 g/mol. The summed E-state index contributed by atoms with van der Waals surface area (Å²) in [6.07, 6.45) is 5.40. The predicted molar refractivity (Wildman–Crippen MR) is 116 cm³/mol. The molecule has 0 bridgehead atoms. The van der Waals surface area contributed by atoms with Crippen LogP contribution in [0.1, 0.15) is 40.0 Å². The quantitative estimate of drug-likeness (QED) is 0.253. The highest BCUT2D eigenvalue weighted by Gasteiger charge is 2.46. The lowest BCUT2D eigenvalue weighted by molar-refractivity contribution is -0.900. The second kappa shape index (κ2) is 13.4. The van der Waals surface area contributed by atoms with E-state index in [1.165, 1.54) is 38.9 Å². The average molecular weight is 535 g/mol. The zero-order valence-corrected chi connectivity index (χ0v) is 22.1. The summed E-state index contributed by atoms with van der Waals surface area (Å²) in [7, 11) is -18.6. The minimum Gasteiger partial charge on any atom is -0.405 e. The molecule has 0 aliphatic heterocycles. The van der Waals surface area contributed by atoms with Gasteiger partial charge < -0.3 is 21.3 Å². The van der Waals surface area contributed by atoms with Crippen LogP contribution < -0.4 is 4.90 Å². The lowest BCUT2D eigenvalue weighted by atomic mass is 10.1. The van der Waals surface area contributed by atoms with E-state index in [0.717, 1.165) is 0 Å². The Morgan fingerprint density at radius 2 is 0.710 bits per heavy atom. The van der Waals surface area contributed by atoms with Crippen LogP contribution in [0.15, 0.2) is 0 Å². The Morgan fingerprint density at radius 3 is 0.839 bits per heavy atom. The Labute approximate surface area is 186 Å². The predicted octanol–water partition coefficient (Wildman–Crippen LogP) is -1.57. The van der Waals surface area contributed by atoms with Crippen molar-refractivity contribution in [3.8, 4) is 0 Å². The summed E-state index contributed by atoms with van der Waals surface area (Å²) in [6, 6.07) is 0. The zero-order valence-electron chi connectivity index (χ0n) is 18.9. The maximum absolute atomic E-state index is 11.1. The third-order valence-corrected chi connectivity index (χ3v) is 5.32. The van der Waals surface area contributed by atoms with Crippen LogP contribution >= 0.6 is 0 Å². The molecule has 1 N–H and O–H groups in total. The van der Waals surface area contributed by atoms with Crippen molar-refractivity contribution >= 4 is 47.4 Å². The van der Waals surface area contributed by atoms with E-state index in [2.05, 4.69) is 37.2 Å². The smallest absolute Gasteiger partial charge is 0.405 e. The van der Waals surface area contributed by atoms with Crippen molar-refractivity contribution in [1.82, 2.24) is 0 Å². The third kappa shape index (κ3) is 21.3. The first kappa shape index (κ1) is 32.8. The largest absolute Gasteiger partial charge is 0.586 e. The van der Waals surface area contributed by atoms with Gasteiger partial charge in [-0.1, -0.05) is 20.8 Å². The van der Waals surface area contributed by atoms with Crippen molar-refractivity contribution in [2.75, 3.05) is 44.7 Å². The van der Waals surface area contributed by atoms with Crippen molar-refractivity contribution in [3.05, 3.63) is 0 Å². The summed E-state index contributed by atoms with van der Waals surface area (Å²) in [6.45, 7) is 6.18. The number of nitrogens with one attached hydrogen (secondary N) is 1. The van der Waals surface area contributed by atoms with Crippen LogP contribution in [0.4, 0.5) is 0 Å². The summed E-state index contributed by atoms with van der Waals surface area (Å²) >= 11 is 0. The van der Waals surface area contributed by atoms with E-state index in [9.17, 15) is 33.7 Å². The van der Waals surface area contributed by atoms with Gasteiger partial charge in [-0.3, -0.25) is 0 Å². The van der Waals surface area contributed by atoms with Crippen LogP contribution in [0.3, 0.4) is 0 Å². The topological polar surface area (TPSA) is 178 Å². The van der Waals surface area contributed by atoms with Crippen molar-refractivity contribution in [1.29, 1.82) is 0 Å². The lowest BCUT2D eigenvalue weighted by Gasteiger charge is -2.35. The molecule has 0 radical (unpaired) electrons. The molecule has 0 atom stereocenters. The molecule has 0 spiro atoms. The fourth-order valence-electron chi connectivity index (χ4n) is 2.39. The molecule has 0 aliphatic rings. The normalized spacial score (nSPS) is 13.7. The number of hydrogen-bond donors (Lipinski definition) is 1. The van der Waals surface area contributed by atoms with Crippen LogP contribution in [0.25, 0.3) is 0 Å². The van der Waals surface area contributed by atoms with Gasteiger partial charge in [0, 0.05) is 0 Å². The van der Waals surface area contributed by atoms with Gasteiger partial charge in [-0.25, -0.2) is 33.7 Å². The fourth-order valence-corrected chi connectivity index (χ4v) is 4.87. The van der Waals surface area contributed by atoms with Gasteiger partial charge in [0.15, 0.2) is 0 Å². The molecular weight excluding hydrogens is 501 g/mol. The van der Waals surface area contributed by atoms with Gasteiger partial charge in [-0.2, -0.15) is 0 Å². The van der Waals surface area contributed by atoms with E-state index in [1.54, 1.807) is 4.90 Å². The molecular formula is C13H34BNO12S4. The van der Waals surface area contributed by atoms with Crippen LogP contribution in [0.5, 0.6) is 0 Å². The Hall–Kier alpha value is -0.335. The van der Waals surface area contributed by atoms with Crippen LogP contribution in [0, 0.1) is 0 Å². The van der Waals surface area contributed by atoms with Crippen LogP contribution in [-0.2, 0) is 56.9 Å². The molecule has 18 heteroatoms. The van der Waals surface area contributed by atoms with E-state index >= 15 is 0 Å². The molecule has 0 aromatic heterocycles. The molecule has 190 valence electrons. The van der Waals surface area contributed by atoms with E-state index in [-0.39, 0.29) is 0 Å². The Morgan fingerprint density at radius 1 is 0.516 bits per heavy atom. The molecule has 0 saturated carbocycles. The summed E-state index contributed by atoms with van der Waals surface area (Å²) in [5, 5.41) is 0. The summed E-state index contributed by atoms with van der Waals surface area (Å²) in [4.78, 5) is 1.78. The maximum Gasteiger partial charge on any atom is 0.586 e. The average Bonchev–Trinajstić information content (AvgIpc) is 2.40. The van der Waals surface area contributed by atoms with E-state index in [1.807, 2.05) is 0 Å². The molecule has 0 unspecified atom stereocenters. The molecule has 0 aromatic rings. The second-order valence-corrected chi connectivity index (χ2v) is 13.2. The Kier molecular flexibility index (Phi) is 14.2. The number of quaternary nitrogens is 1. The van der Waals surface area contributed by atoms with Crippen LogP contribution in [0.2, 0.25) is 0 Å². The SMILES string of the molecule is CCC[NH+](CCC)CCC.CS(=O)(=O)O[B-](OS(C)(=O)=O)(OS(C)(=O)=O)OS(C)(=O)=O. The highest BCUT2D eigenvalue weighted by Crippen LogP contribution is 2.21. The zero-order chi connectivity index (χ0) is 25.1. The van der Waals surface area contributed by atoms with Gasteiger partial charge in [-0.15, -0.1) is 0 Å². The van der Waals surface area contributed by atoms with Gasteiger partial charge >= 0.3 is 6.96 Å². The summed E-state index contributed by atoms with van der Waals surface area (Å²) < 4.78 is 105. The standard InChI is InChI=1S/C9H21N.C4H12BO12S4/c1-4-7-10(8-5-2)9-6-3;1-18(6,7)14-5(15-19(2,8)9,16-20(3,10)11)17-21(4,12)13/h4-9H2,1-3H3;1-4H3/q;-1/p+1. The summed E-state index contributed by atoms with van der Waals surface area (Å²) in [5.41, 5.74) is 0. The minimum absolute atomic E-state index is 0.354. The van der Waals surface area contributed by atoms with E-state index < -0.39 is 47.4 Å². The van der Waals surface area contributed by atoms with Crippen molar-refractivity contribution < 1.29 is 55.0 Å². The fraction of sp³-hybridized carbons (Fsp3) is 1.00. The number of rotatable bonds is 14. The molecule has 0 saturated heterocycles. The Balaban J connectivity index is 0. The highest BCUT2D eigenvalue weighted by molar-refractivity contribution is 7.91. The molecule has 0 amide bonds. The van der Waals surface area contributed by atoms with E-state index in [0.29, 0.717) is 25.0 Å². The van der Waals surface area contributed by atoms with E-state index in [4.69, 9.17) is 0 Å². The van der Waals surface area contributed by atoms with Gasteiger partial charge in [-0.05, 0) is 19.3 Å². The molecule has 0 fully saturated rings. The number of hydrogen-bond acceptors (Lipinski definition) is 12. The minimum atomic E-state index is -4.71. The lowest BCUT2D eigenvalue weighted by Crippen LogP contribution is -3.11. The molecule has 0 heterocycles. The molecule has 0 aromatic carbocycles. The molecule has 13 nitrogen and oxygen atoms in total. The first-order chi connectivity index (χ1) is 13.7. The van der Waals surface area contributed by atoms with Gasteiger partial charge in [0.1, 0.15) is 0 Å². The third-order valence-electron chi connectivity index (χ3n) is 2.98. The molecule has 0 rings (SSSR count). The Bertz CT molecular complexity index is 789. The van der Waals surface area contributed by atoms with Crippen molar-refractivity contribution in [2.24, 2.45) is 0 Å². The molecule has 0 aliphatic carbocycles. The first-order valence-corrected chi connectivity index (χ1v) is 16.5. The van der Waals surface area contributed by atoms with Gasteiger partial charge in [0.2, 0.25) is 40.5 Å². The first-order valence-electron chi connectivity index (χ1n) is 9.26. The van der Waals surface area contributed by atoms with Gasteiger partial charge in [0.05, 0.1) is 44.7 Å². The van der Waals surface area contributed by atoms with Crippen LogP contribution in [-0.4, -0.2) is 85.3 Å².